The van der Waals surface area contributed by atoms with Gasteiger partial charge in [0.25, 0.3) is 0 Å². The molecule has 0 aliphatic heterocycles. The van der Waals surface area contributed by atoms with Gasteiger partial charge in [0, 0.05) is 11.1 Å². The Kier molecular flexibility index (Phi) is 9.81. The lowest BCUT2D eigenvalue weighted by Gasteiger charge is -2.07. The smallest absolute Gasteiger partial charge is 0.343 e. The monoisotopic (exact) mass is 548 g/mol. The summed E-state index contributed by atoms with van der Waals surface area (Å²) in [6.07, 6.45) is 2.05. The lowest BCUT2D eigenvalue weighted by atomic mass is 10.2. The van der Waals surface area contributed by atoms with Crippen LogP contribution in [0.3, 0.4) is 0 Å². The maximum absolute atomic E-state index is 12.4. The Morgan fingerprint density at radius 2 is 0.902 bits per heavy atom. The summed E-state index contributed by atoms with van der Waals surface area (Å²) >= 11 is 0. The first-order valence-electron chi connectivity index (χ1n) is 12.4. The summed E-state index contributed by atoms with van der Waals surface area (Å²) in [7, 11) is 0. The van der Waals surface area contributed by atoms with E-state index in [0.29, 0.717) is 22.3 Å². The topological polar surface area (TPSA) is 136 Å². The van der Waals surface area contributed by atoms with Crippen LogP contribution >= 0.6 is 0 Å². The molecule has 0 atom stereocenters. The van der Waals surface area contributed by atoms with E-state index in [-0.39, 0.29) is 11.5 Å². The molecule has 0 saturated carbocycles. The van der Waals surface area contributed by atoms with Crippen LogP contribution in [0.25, 0.3) is 0 Å². The molecule has 0 bridgehead atoms. The molecule has 2 amide bonds. The van der Waals surface area contributed by atoms with E-state index < -0.39 is 30.2 Å². The van der Waals surface area contributed by atoms with Crippen molar-refractivity contribution in [3.63, 3.8) is 0 Å². The molecular weight excluding hydrogens is 524 g/mol. The normalized spacial score (nSPS) is 10.7. The van der Waals surface area contributed by atoms with Crippen molar-refractivity contribution in [3.05, 3.63) is 131 Å². The molecule has 0 aliphatic rings. The zero-order chi connectivity index (χ0) is 28.9. The Hall–Kier alpha value is -5.90. The lowest BCUT2D eigenvalue weighted by molar-refractivity contribution is -0.129. The maximum atomic E-state index is 12.4. The summed E-state index contributed by atoms with van der Waals surface area (Å²) in [5.74, 6) is -1.95. The first-order valence-corrected chi connectivity index (χ1v) is 12.4. The molecule has 0 aromatic heterocycles. The number of carbonyl (C=O) groups excluding carboxylic acids is 4. The molecule has 10 heteroatoms. The third-order valence-corrected chi connectivity index (χ3v) is 5.37. The lowest BCUT2D eigenvalue weighted by Crippen LogP contribution is -2.27. The van der Waals surface area contributed by atoms with Gasteiger partial charge in [-0.1, -0.05) is 60.7 Å². The van der Waals surface area contributed by atoms with Gasteiger partial charge < -0.3 is 9.47 Å². The largest absolute Gasteiger partial charge is 0.422 e. The molecule has 0 unspecified atom stereocenters. The van der Waals surface area contributed by atoms with Gasteiger partial charge in [0.05, 0.1) is 23.6 Å². The summed E-state index contributed by atoms with van der Waals surface area (Å²) in [6, 6.07) is 30.3. The fourth-order valence-corrected chi connectivity index (χ4v) is 3.40. The van der Waals surface area contributed by atoms with Crippen LogP contribution in [0.15, 0.2) is 119 Å². The predicted octanol–water partition coefficient (Wildman–Crippen LogP) is 4.12. The molecule has 10 nitrogen and oxygen atoms in total. The van der Waals surface area contributed by atoms with Gasteiger partial charge in [-0.15, -0.1) is 0 Å². The minimum atomic E-state index is -0.690. The minimum absolute atomic E-state index is 0.251. The van der Waals surface area contributed by atoms with Crippen molar-refractivity contribution in [2.45, 2.75) is 6.42 Å². The number of hydrazone groups is 2. The molecule has 0 heterocycles. The van der Waals surface area contributed by atoms with Crippen molar-refractivity contribution >= 4 is 36.2 Å². The summed E-state index contributed by atoms with van der Waals surface area (Å²) < 4.78 is 10.9. The molecule has 4 aromatic rings. The average molecular weight is 549 g/mol. The average Bonchev–Trinajstić information content (AvgIpc) is 2.99. The number of carbonyl (C=O) groups is 4. The van der Waals surface area contributed by atoms with Crippen molar-refractivity contribution in [2.24, 2.45) is 10.2 Å². The number of rotatable bonds is 10. The van der Waals surface area contributed by atoms with Crippen LogP contribution in [-0.2, 0) is 9.59 Å². The van der Waals surface area contributed by atoms with Gasteiger partial charge in [-0.25, -0.2) is 20.4 Å². The van der Waals surface area contributed by atoms with Crippen LogP contribution < -0.4 is 20.3 Å². The van der Waals surface area contributed by atoms with Crippen molar-refractivity contribution in [2.75, 3.05) is 0 Å². The van der Waals surface area contributed by atoms with Gasteiger partial charge in [0.2, 0.25) is 11.8 Å². The fourth-order valence-electron chi connectivity index (χ4n) is 3.40. The quantitative estimate of drug-likeness (QED) is 0.101. The van der Waals surface area contributed by atoms with Crippen LogP contribution in [0.1, 0.15) is 38.3 Å². The number of benzene rings is 4. The molecule has 41 heavy (non-hydrogen) atoms. The number of esters is 2. The summed E-state index contributed by atoms with van der Waals surface area (Å²) in [5, 5.41) is 7.69. The van der Waals surface area contributed by atoms with E-state index in [1.165, 1.54) is 12.4 Å². The highest BCUT2D eigenvalue weighted by molar-refractivity contribution is 5.98. The summed E-state index contributed by atoms with van der Waals surface area (Å²) in [5.41, 5.74) is 6.16. The molecule has 0 spiro atoms. The van der Waals surface area contributed by atoms with Gasteiger partial charge in [0.15, 0.2) is 0 Å². The predicted molar refractivity (Wildman–Crippen MR) is 152 cm³/mol. The van der Waals surface area contributed by atoms with E-state index in [4.69, 9.17) is 9.47 Å². The highest BCUT2D eigenvalue weighted by Gasteiger charge is 2.12. The number of ether oxygens (including phenoxy) is 2. The fraction of sp³-hybridized carbons (Fsp3) is 0.0323. The first kappa shape index (κ1) is 28.1. The van der Waals surface area contributed by atoms with Gasteiger partial charge in [-0.3, -0.25) is 9.59 Å². The highest BCUT2D eigenvalue weighted by Crippen LogP contribution is 2.19. The number of amides is 2. The van der Waals surface area contributed by atoms with Crippen LogP contribution in [0.2, 0.25) is 0 Å². The Labute approximate surface area is 235 Å². The number of hydrogen-bond acceptors (Lipinski definition) is 8. The SMILES string of the molecule is O=C(CC(=O)NN=Cc1ccccc1OC(=O)c1ccccc1)NN=Cc1ccccc1OC(=O)c1ccccc1. The number of para-hydroxylation sites is 2. The van der Waals surface area contributed by atoms with Crippen molar-refractivity contribution in [1.82, 2.24) is 10.9 Å². The molecule has 4 aromatic carbocycles. The molecule has 204 valence electrons. The molecule has 0 aliphatic carbocycles. The van der Waals surface area contributed by atoms with Crippen molar-refractivity contribution in [3.8, 4) is 11.5 Å². The van der Waals surface area contributed by atoms with E-state index in [9.17, 15) is 19.2 Å². The second-order valence-electron chi connectivity index (χ2n) is 8.35. The zero-order valence-corrected chi connectivity index (χ0v) is 21.6. The Morgan fingerprint density at radius 3 is 1.32 bits per heavy atom. The summed E-state index contributed by atoms with van der Waals surface area (Å²) in [6.45, 7) is 0. The van der Waals surface area contributed by atoms with Crippen molar-refractivity contribution in [1.29, 1.82) is 0 Å². The standard InChI is InChI=1S/C31H24N4O6/c36-28(34-32-20-24-15-7-9-17-26(24)40-30(38)22-11-3-1-4-12-22)19-29(37)35-33-21-25-16-8-10-18-27(25)41-31(39)23-13-5-2-6-14-23/h1-18,20-21H,19H2,(H,34,36)(H,35,37). The van der Waals surface area contributed by atoms with Crippen LogP contribution in [0, 0.1) is 0 Å². The van der Waals surface area contributed by atoms with Gasteiger partial charge in [-0.2, -0.15) is 10.2 Å². The van der Waals surface area contributed by atoms with E-state index >= 15 is 0 Å². The number of hydrogen-bond donors (Lipinski definition) is 2. The van der Waals surface area contributed by atoms with E-state index in [0.717, 1.165) is 0 Å². The highest BCUT2D eigenvalue weighted by atomic mass is 16.5. The third kappa shape index (κ3) is 8.55. The van der Waals surface area contributed by atoms with Gasteiger partial charge in [-0.05, 0) is 48.5 Å². The Morgan fingerprint density at radius 1 is 0.537 bits per heavy atom. The maximum Gasteiger partial charge on any atom is 0.343 e. The molecule has 0 fully saturated rings. The molecule has 2 N–H and O–H groups in total. The van der Waals surface area contributed by atoms with Gasteiger partial charge in [0.1, 0.15) is 17.9 Å². The molecule has 0 saturated heterocycles. The molecular formula is C31H24N4O6. The third-order valence-electron chi connectivity index (χ3n) is 5.37. The Bertz CT molecular complexity index is 1470. The first-order chi connectivity index (χ1) is 20.0. The van der Waals surface area contributed by atoms with Crippen LogP contribution in [0.4, 0.5) is 0 Å². The minimum Gasteiger partial charge on any atom is -0.422 e. The molecule has 4 rings (SSSR count). The zero-order valence-electron chi connectivity index (χ0n) is 21.6. The van der Waals surface area contributed by atoms with E-state index in [2.05, 4.69) is 21.1 Å². The van der Waals surface area contributed by atoms with E-state index in [1.54, 1.807) is 109 Å². The number of nitrogens with one attached hydrogen (secondary N) is 2. The molecule has 0 radical (unpaired) electrons. The van der Waals surface area contributed by atoms with Crippen molar-refractivity contribution < 1.29 is 28.7 Å². The van der Waals surface area contributed by atoms with E-state index in [1.807, 2.05) is 0 Å². The summed E-state index contributed by atoms with van der Waals surface area (Å²) in [4.78, 5) is 49.0. The van der Waals surface area contributed by atoms with Crippen LogP contribution in [0.5, 0.6) is 11.5 Å². The van der Waals surface area contributed by atoms with Gasteiger partial charge >= 0.3 is 11.9 Å². The number of nitrogens with zero attached hydrogens (tertiary/aromatic N) is 2. The second kappa shape index (κ2) is 14.3. The second-order valence-corrected chi connectivity index (χ2v) is 8.35. The van der Waals surface area contributed by atoms with Crippen LogP contribution in [-0.4, -0.2) is 36.2 Å². The Balaban J connectivity index is 1.27.